The predicted octanol–water partition coefficient (Wildman–Crippen LogP) is 3.63. The monoisotopic (exact) mass is 341 g/mol. The molecule has 1 aliphatic rings. The van der Waals surface area contributed by atoms with Crippen LogP contribution in [0.2, 0.25) is 5.02 Å². The molecular weight excluding hydrogens is 326 g/mol. The number of carbonyl (C=O) groups excluding carboxylic acids is 1. The zero-order valence-corrected chi connectivity index (χ0v) is 13.9. The molecule has 0 saturated heterocycles. The second-order valence-corrected chi connectivity index (χ2v) is 6.46. The van der Waals surface area contributed by atoms with E-state index in [1.807, 2.05) is 10.6 Å². The van der Waals surface area contributed by atoms with Crippen molar-refractivity contribution >= 4 is 34.4 Å². The van der Waals surface area contributed by atoms with Gasteiger partial charge in [-0.1, -0.05) is 11.6 Å². The molecule has 0 fully saturated rings. The molecule has 0 aromatic carbocycles. The Morgan fingerprint density at radius 3 is 3.08 bits per heavy atom. The molecule has 1 unspecified atom stereocenters. The molecule has 4 heterocycles. The number of aryl methyl sites for hydroxylation is 1. The summed E-state index contributed by atoms with van der Waals surface area (Å²) in [5.74, 6) is 1.23. The Morgan fingerprint density at radius 2 is 2.21 bits per heavy atom. The van der Waals surface area contributed by atoms with Crippen molar-refractivity contribution in [3.8, 4) is 0 Å². The highest BCUT2D eigenvalue weighted by molar-refractivity contribution is 6.31. The van der Waals surface area contributed by atoms with Crippen molar-refractivity contribution in [1.82, 2.24) is 19.5 Å². The van der Waals surface area contributed by atoms with Gasteiger partial charge in [0.15, 0.2) is 5.65 Å². The highest BCUT2D eigenvalue weighted by Gasteiger charge is 2.23. The first kappa shape index (κ1) is 15.1. The molecule has 7 heteroatoms. The van der Waals surface area contributed by atoms with Crippen LogP contribution in [0, 0.1) is 0 Å². The largest absolute Gasteiger partial charge is 0.321 e. The molecule has 6 nitrogen and oxygen atoms in total. The first-order chi connectivity index (χ1) is 11.6. The lowest BCUT2D eigenvalue weighted by molar-refractivity contribution is 0.101. The van der Waals surface area contributed by atoms with E-state index in [0.29, 0.717) is 22.2 Å². The zero-order chi connectivity index (χ0) is 16.7. The van der Waals surface area contributed by atoms with Crippen molar-refractivity contribution < 1.29 is 4.79 Å². The quantitative estimate of drug-likeness (QED) is 0.772. The van der Waals surface area contributed by atoms with Gasteiger partial charge in [0.1, 0.15) is 17.3 Å². The molecule has 1 N–H and O–H groups in total. The standard InChI is InChI=1S/C17H16ClN5O/c1-10-3-2-4-15-19-9-13(23(10)15)17(24)22-14-6-5-11-7-12(18)8-20-16(11)21-14/h5-10H,2-4H2,1H3,(H,20,21,22,24). The van der Waals surface area contributed by atoms with Crippen LogP contribution in [0.25, 0.3) is 11.0 Å². The summed E-state index contributed by atoms with van der Waals surface area (Å²) >= 11 is 5.92. The first-order valence-corrected chi connectivity index (χ1v) is 8.29. The highest BCUT2D eigenvalue weighted by atomic mass is 35.5. The molecule has 122 valence electrons. The van der Waals surface area contributed by atoms with E-state index in [1.165, 1.54) is 6.20 Å². The summed E-state index contributed by atoms with van der Waals surface area (Å²) in [5, 5.41) is 4.22. The lowest BCUT2D eigenvalue weighted by Crippen LogP contribution is -2.23. The summed E-state index contributed by atoms with van der Waals surface area (Å²) in [7, 11) is 0. The van der Waals surface area contributed by atoms with Gasteiger partial charge in [0.2, 0.25) is 0 Å². The van der Waals surface area contributed by atoms with E-state index in [1.54, 1.807) is 18.3 Å². The maximum absolute atomic E-state index is 12.6. The normalized spacial score (nSPS) is 16.8. The number of carbonyl (C=O) groups is 1. The van der Waals surface area contributed by atoms with Crippen LogP contribution in [0.15, 0.2) is 30.6 Å². The third-order valence-electron chi connectivity index (χ3n) is 4.32. The molecule has 0 bridgehead atoms. The van der Waals surface area contributed by atoms with Crippen molar-refractivity contribution in [2.24, 2.45) is 0 Å². The van der Waals surface area contributed by atoms with Crippen molar-refractivity contribution in [3.05, 3.63) is 47.1 Å². The third-order valence-corrected chi connectivity index (χ3v) is 4.53. The van der Waals surface area contributed by atoms with Crippen LogP contribution in [0.4, 0.5) is 5.82 Å². The number of rotatable bonds is 2. The number of hydrogen-bond donors (Lipinski definition) is 1. The molecular formula is C17H16ClN5O. The molecule has 24 heavy (non-hydrogen) atoms. The SMILES string of the molecule is CC1CCCc2ncc(C(=O)Nc3ccc4cc(Cl)cnc4n3)n21. The topological polar surface area (TPSA) is 72.7 Å². The fourth-order valence-electron chi connectivity index (χ4n) is 3.16. The lowest BCUT2D eigenvalue weighted by atomic mass is 10.1. The van der Waals surface area contributed by atoms with Crippen molar-refractivity contribution in [2.75, 3.05) is 5.32 Å². The molecule has 0 aliphatic carbocycles. The minimum atomic E-state index is -0.205. The first-order valence-electron chi connectivity index (χ1n) is 7.91. The molecule has 4 rings (SSSR count). The van der Waals surface area contributed by atoms with E-state index in [0.717, 1.165) is 30.5 Å². The maximum Gasteiger partial charge on any atom is 0.275 e. The summed E-state index contributed by atoms with van der Waals surface area (Å²) in [6.07, 6.45) is 6.27. The predicted molar refractivity (Wildman–Crippen MR) is 92.4 cm³/mol. The molecule has 1 atom stereocenters. The van der Waals surface area contributed by atoms with Gasteiger partial charge in [-0.3, -0.25) is 4.79 Å². The van der Waals surface area contributed by atoms with Gasteiger partial charge in [-0.25, -0.2) is 15.0 Å². The summed E-state index contributed by atoms with van der Waals surface area (Å²) in [5.41, 5.74) is 1.11. The van der Waals surface area contributed by atoms with E-state index in [-0.39, 0.29) is 11.9 Å². The van der Waals surface area contributed by atoms with Crippen LogP contribution >= 0.6 is 11.6 Å². The van der Waals surface area contributed by atoms with Gasteiger partial charge < -0.3 is 9.88 Å². The average molecular weight is 342 g/mol. The molecule has 3 aromatic heterocycles. The molecule has 1 amide bonds. The maximum atomic E-state index is 12.6. The Morgan fingerprint density at radius 1 is 1.33 bits per heavy atom. The Labute approximate surface area is 143 Å². The van der Waals surface area contributed by atoms with E-state index in [4.69, 9.17) is 11.6 Å². The number of hydrogen-bond acceptors (Lipinski definition) is 4. The Balaban J connectivity index is 1.63. The fourth-order valence-corrected chi connectivity index (χ4v) is 3.33. The number of nitrogens with zero attached hydrogens (tertiary/aromatic N) is 4. The molecule has 0 spiro atoms. The number of nitrogens with one attached hydrogen (secondary N) is 1. The Hall–Kier alpha value is -2.47. The number of anilines is 1. The number of fused-ring (bicyclic) bond motifs is 2. The van der Waals surface area contributed by atoms with Crippen LogP contribution in [0.1, 0.15) is 42.1 Å². The van der Waals surface area contributed by atoms with Gasteiger partial charge in [-0.2, -0.15) is 0 Å². The molecule has 0 radical (unpaired) electrons. The van der Waals surface area contributed by atoms with E-state index >= 15 is 0 Å². The highest BCUT2D eigenvalue weighted by Crippen LogP contribution is 2.26. The smallest absolute Gasteiger partial charge is 0.275 e. The second kappa shape index (κ2) is 5.87. The van der Waals surface area contributed by atoms with Crippen molar-refractivity contribution in [3.63, 3.8) is 0 Å². The van der Waals surface area contributed by atoms with Crippen LogP contribution in [-0.4, -0.2) is 25.4 Å². The van der Waals surface area contributed by atoms with Gasteiger partial charge in [-0.05, 0) is 38.0 Å². The number of aromatic nitrogens is 4. The second-order valence-electron chi connectivity index (χ2n) is 6.02. The summed E-state index contributed by atoms with van der Waals surface area (Å²) in [4.78, 5) is 25.6. The van der Waals surface area contributed by atoms with E-state index < -0.39 is 0 Å². The van der Waals surface area contributed by atoms with Crippen LogP contribution < -0.4 is 5.32 Å². The van der Waals surface area contributed by atoms with E-state index in [9.17, 15) is 4.79 Å². The minimum Gasteiger partial charge on any atom is -0.321 e. The fraction of sp³-hybridized carbons (Fsp3) is 0.294. The van der Waals surface area contributed by atoms with Gasteiger partial charge in [0.25, 0.3) is 5.91 Å². The van der Waals surface area contributed by atoms with Crippen LogP contribution in [-0.2, 0) is 6.42 Å². The van der Waals surface area contributed by atoms with E-state index in [2.05, 4.69) is 27.2 Å². The summed E-state index contributed by atoms with van der Waals surface area (Å²) < 4.78 is 2.03. The van der Waals surface area contributed by atoms with Crippen molar-refractivity contribution in [1.29, 1.82) is 0 Å². The third kappa shape index (κ3) is 2.63. The zero-order valence-electron chi connectivity index (χ0n) is 13.2. The lowest BCUT2D eigenvalue weighted by Gasteiger charge is -2.23. The van der Waals surface area contributed by atoms with Gasteiger partial charge in [-0.15, -0.1) is 0 Å². The minimum absolute atomic E-state index is 0.205. The average Bonchev–Trinajstić information content (AvgIpc) is 3.00. The number of amides is 1. The van der Waals surface area contributed by atoms with Gasteiger partial charge >= 0.3 is 0 Å². The Bertz CT molecular complexity index is 936. The number of halogens is 1. The summed E-state index contributed by atoms with van der Waals surface area (Å²) in [6, 6.07) is 5.66. The van der Waals surface area contributed by atoms with Gasteiger partial charge in [0, 0.05) is 24.0 Å². The molecule has 0 saturated carbocycles. The van der Waals surface area contributed by atoms with Crippen LogP contribution in [0.5, 0.6) is 0 Å². The van der Waals surface area contributed by atoms with Crippen LogP contribution in [0.3, 0.4) is 0 Å². The number of pyridine rings is 2. The van der Waals surface area contributed by atoms with Gasteiger partial charge in [0.05, 0.1) is 11.2 Å². The molecule has 1 aliphatic heterocycles. The number of imidazole rings is 1. The van der Waals surface area contributed by atoms with Crippen molar-refractivity contribution in [2.45, 2.75) is 32.2 Å². The Kier molecular flexibility index (Phi) is 3.69. The molecule has 3 aromatic rings. The summed E-state index contributed by atoms with van der Waals surface area (Å²) in [6.45, 7) is 2.11.